The summed E-state index contributed by atoms with van der Waals surface area (Å²) in [6, 6.07) is 0. The zero-order valence-electron chi connectivity index (χ0n) is 17.3. The molecular formula is C24H46O. The third-order valence-electron chi connectivity index (χ3n) is 5.25. The number of carbonyl (C=O) groups is 1. The molecule has 0 radical (unpaired) electrons. The molecule has 0 N–H and O–H groups in total. The second-order valence-corrected chi connectivity index (χ2v) is 7.78. The highest BCUT2D eigenvalue weighted by molar-refractivity contribution is 5.88. The standard InChI is InChI=1S/C24H46O/c1-3-5-6-7-8-9-10-11-12-13-14-15-16-17-18-19-20-21-22-23-24(25)4-2/h4H,2-3,5-23H2,1H3. The summed E-state index contributed by atoms with van der Waals surface area (Å²) in [7, 11) is 0. The first kappa shape index (κ1) is 24.4. The highest BCUT2D eigenvalue weighted by Gasteiger charge is 1.97. The van der Waals surface area contributed by atoms with Crippen LogP contribution in [0.3, 0.4) is 0 Å². The molecule has 0 atom stereocenters. The Morgan fingerprint density at radius 2 is 0.840 bits per heavy atom. The van der Waals surface area contributed by atoms with E-state index in [0.29, 0.717) is 6.42 Å². The van der Waals surface area contributed by atoms with E-state index in [-0.39, 0.29) is 5.78 Å². The molecule has 0 aliphatic rings. The van der Waals surface area contributed by atoms with Crippen LogP contribution in [0.25, 0.3) is 0 Å². The number of unbranched alkanes of at least 4 members (excludes halogenated alkanes) is 18. The predicted molar refractivity (Wildman–Crippen MR) is 113 cm³/mol. The predicted octanol–water partition coefficient (Wildman–Crippen LogP) is 8.56. The molecule has 148 valence electrons. The lowest BCUT2D eigenvalue weighted by Crippen LogP contribution is -1.91. The van der Waals surface area contributed by atoms with Crippen molar-refractivity contribution >= 4 is 5.78 Å². The minimum absolute atomic E-state index is 0.201. The second-order valence-electron chi connectivity index (χ2n) is 7.78. The lowest BCUT2D eigenvalue weighted by Gasteiger charge is -2.04. The molecule has 1 nitrogen and oxygen atoms in total. The molecule has 0 aromatic carbocycles. The average Bonchev–Trinajstić information content (AvgIpc) is 2.63. The molecule has 0 heterocycles. The minimum Gasteiger partial charge on any atom is -0.295 e. The first-order valence-electron chi connectivity index (χ1n) is 11.5. The molecule has 0 aromatic rings. The molecule has 0 spiro atoms. The van der Waals surface area contributed by atoms with Gasteiger partial charge in [-0.25, -0.2) is 0 Å². The Labute approximate surface area is 159 Å². The highest BCUT2D eigenvalue weighted by atomic mass is 16.1. The van der Waals surface area contributed by atoms with E-state index in [2.05, 4.69) is 13.5 Å². The van der Waals surface area contributed by atoms with E-state index in [1.807, 2.05) is 0 Å². The zero-order chi connectivity index (χ0) is 18.4. The summed E-state index contributed by atoms with van der Waals surface area (Å²) in [4.78, 5) is 11.1. The van der Waals surface area contributed by atoms with Crippen molar-refractivity contribution in [2.24, 2.45) is 0 Å². The largest absolute Gasteiger partial charge is 0.295 e. The van der Waals surface area contributed by atoms with Crippen LogP contribution in [-0.4, -0.2) is 5.78 Å². The maximum Gasteiger partial charge on any atom is 0.155 e. The maximum atomic E-state index is 11.1. The van der Waals surface area contributed by atoms with Crippen molar-refractivity contribution < 1.29 is 4.79 Å². The van der Waals surface area contributed by atoms with Crippen molar-refractivity contribution in [1.82, 2.24) is 0 Å². The van der Waals surface area contributed by atoms with Crippen molar-refractivity contribution in [2.75, 3.05) is 0 Å². The third-order valence-corrected chi connectivity index (χ3v) is 5.25. The third kappa shape index (κ3) is 21.4. The molecule has 0 saturated carbocycles. The van der Waals surface area contributed by atoms with Crippen LogP contribution in [-0.2, 0) is 4.79 Å². The average molecular weight is 351 g/mol. The van der Waals surface area contributed by atoms with Gasteiger partial charge in [-0.15, -0.1) is 0 Å². The molecule has 0 unspecified atom stereocenters. The number of allylic oxidation sites excluding steroid dienone is 1. The Morgan fingerprint density at radius 3 is 1.12 bits per heavy atom. The monoisotopic (exact) mass is 350 g/mol. The van der Waals surface area contributed by atoms with Crippen molar-refractivity contribution in [3.05, 3.63) is 12.7 Å². The van der Waals surface area contributed by atoms with Gasteiger partial charge in [-0.2, -0.15) is 0 Å². The highest BCUT2D eigenvalue weighted by Crippen LogP contribution is 2.14. The molecule has 0 saturated heterocycles. The molecule has 0 rings (SSSR count). The first-order chi connectivity index (χ1) is 12.3. The molecule has 0 amide bonds. The lowest BCUT2D eigenvalue weighted by molar-refractivity contribution is -0.114. The van der Waals surface area contributed by atoms with Gasteiger partial charge in [-0.1, -0.05) is 129 Å². The van der Waals surface area contributed by atoms with E-state index in [1.54, 1.807) is 0 Å². The van der Waals surface area contributed by atoms with Crippen LogP contribution in [0.1, 0.15) is 135 Å². The molecule has 0 aliphatic carbocycles. The molecule has 0 fully saturated rings. The Balaban J connectivity index is 3.00. The Hall–Kier alpha value is -0.590. The number of hydrogen-bond acceptors (Lipinski definition) is 1. The molecule has 0 aliphatic heterocycles. The molecule has 0 bridgehead atoms. The van der Waals surface area contributed by atoms with E-state index in [4.69, 9.17) is 0 Å². The zero-order valence-corrected chi connectivity index (χ0v) is 17.3. The van der Waals surface area contributed by atoms with Gasteiger partial charge in [-0.3, -0.25) is 4.79 Å². The van der Waals surface area contributed by atoms with E-state index in [0.717, 1.165) is 6.42 Å². The van der Waals surface area contributed by atoms with E-state index >= 15 is 0 Å². The minimum atomic E-state index is 0.201. The molecule has 0 aromatic heterocycles. The molecular weight excluding hydrogens is 304 g/mol. The summed E-state index contributed by atoms with van der Waals surface area (Å²) in [6.45, 7) is 5.80. The summed E-state index contributed by atoms with van der Waals surface area (Å²) in [5.74, 6) is 0.201. The van der Waals surface area contributed by atoms with Crippen LogP contribution >= 0.6 is 0 Å². The number of hydrogen-bond donors (Lipinski definition) is 0. The van der Waals surface area contributed by atoms with Gasteiger partial charge in [0.25, 0.3) is 0 Å². The van der Waals surface area contributed by atoms with E-state index < -0.39 is 0 Å². The van der Waals surface area contributed by atoms with Crippen LogP contribution in [0.15, 0.2) is 12.7 Å². The fourth-order valence-electron chi connectivity index (χ4n) is 3.48. The van der Waals surface area contributed by atoms with Crippen LogP contribution in [0.4, 0.5) is 0 Å². The van der Waals surface area contributed by atoms with Gasteiger partial charge in [0.15, 0.2) is 5.78 Å². The van der Waals surface area contributed by atoms with Gasteiger partial charge >= 0.3 is 0 Å². The van der Waals surface area contributed by atoms with Gasteiger partial charge < -0.3 is 0 Å². The van der Waals surface area contributed by atoms with Gasteiger partial charge in [0, 0.05) is 6.42 Å². The number of ketones is 1. The van der Waals surface area contributed by atoms with Crippen LogP contribution in [0.5, 0.6) is 0 Å². The van der Waals surface area contributed by atoms with Crippen LogP contribution in [0.2, 0.25) is 0 Å². The molecule has 1 heteroatoms. The van der Waals surface area contributed by atoms with Crippen molar-refractivity contribution in [3.8, 4) is 0 Å². The van der Waals surface area contributed by atoms with Gasteiger partial charge in [0.2, 0.25) is 0 Å². The van der Waals surface area contributed by atoms with E-state index in [1.165, 1.54) is 122 Å². The summed E-state index contributed by atoms with van der Waals surface area (Å²) >= 11 is 0. The normalized spacial score (nSPS) is 10.9. The topological polar surface area (TPSA) is 17.1 Å². The van der Waals surface area contributed by atoms with Crippen LogP contribution < -0.4 is 0 Å². The number of carbonyl (C=O) groups excluding carboxylic acids is 1. The first-order valence-corrected chi connectivity index (χ1v) is 11.5. The SMILES string of the molecule is C=CC(=O)CCCCCCCCCCCCCCCCCCCCC. The summed E-state index contributed by atoms with van der Waals surface area (Å²) in [5, 5.41) is 0. The quantitative estimate of drug-likeness (QED) is 0.150. The Morgan fingerprint density at radius 1 is 0.560 bits per heavy atom. The van der Waals surface area contributed by atoms with Gasteiger partial charge in [-0.05, 0) is 12.5 Å². The van der Waals surface area contributed by atoms with Gasteiger partial charge in [0.1, 0.15) is 0 Å². The lowest BCUT2D eigenvalue weighted by atomic mass is 10.0. The van der Waals surface area contributed by atoms with Gasteiger partial charge in [0.05, 0.1) is 0 Å². The summed E-state index contributed by atoms with van der Waals surface area (Å²) < 4.78 is 0. The second kappa shape index (κ2) is 21.5. The number of rotatable bonds is 21. The summed E-state index contributed by atoms with van der Waals surface area (Å²) in [5.41, 5.74) is 0. The fourth-order valence-corrected chi connectivity index (χ4v) is 3.48. The fraction of sp³-hybridized carbons (Fsp3) is 0.875. The van der Waals surface area contributed by atoms with E-state index in [9.17, 15) is 4.79 Å². The molecule has 25 heavy (non-hydrogen) atoms. The maximum absolute atomic E-state index is 11.1. The Kier molecular flexibility index (Phi) is 20.9. The smallest absolute Gasteiger partial charge is 0.155 e. The van der Waals surface area contributed by atoms with Crippen molar-refractivity contribution in [1.29, 1.82) is 0 Å². The van der Waals surface area contributed by atoms with Crippen molar-refractivity contribution in [2.45, 2.75) is 135 Å². The Bertz CT molecular complexity index is 282. The van der Waals surface area contributed by atoms with Crippen LogP contribution in [0, 0.1) is 0 Å². The van der Waals surface area contributed by atoms with Crippen molar-refractivity contribution in [3.63, 3.8) is 0 Å². The summed E-state index contributed by atoms with van der Waals surface area (Å²) in [6.07, 6.45) is 28.6.